The van der Waals surface area contributed by atoms with Crippen LogP contribution >= 0.6 is 43.2 Å². The highest BCUT2D eigenvalue weighted by Crippen LogP contribution is 2.40. The Morgan fingerprint density at radius 1 is 0.941 bits per heavy atom. The predicted molar refractivity (Wildman–Crippen MR) is 136 cm³/mol. The lowest BCUT2D eigenvalue weighted by molar-refractivity contribution is -0.154. The summed E-state index contributed by atoms with van der Waals surface area (Å²) in [6.07, 6.45) is 4.78. The first-order valence-electron chi connectivity index (χ1n) is 11.7. The molecule has 8 nitrogen and oxygen atoms in total. The van der Waals surface area contributed by atoms with E-state index in [-0.39, 0.29) is 18.6 Å². The molecule has 0 amide bonds. The van der Waals surface area contributed by atoms with Gasteiger partial charge in [-0.15, -0.1) is 0 Å². The zero-order chi connectivity index (χ0) is 24.3. The summed E-state index contributed by atoms with van der Waals surface area (Å²) < 4.78 is 15.6. The second kappa shape index (κ2) is 14.9. The largest absolute Gasteiger partial charge is 0.445 e. The van der Waals surface area contributed by atoms with Crippen LogP contribution in [0.3, 0.4) is 0 Å². The average molecular weight is 553 g/mol. The molecule has 0 aromatic carbocycles. The van der Waals surface area contributed by atoms with Gasteiger partial charge in [0, 0.05) is 34.8 Å². The van der Waals surface area contributed by atoms with Gasteiger partial charge in [0.15, 0.2) is 6.10 Å². The smallest absolute Gasteiger partial charge is 0.378 e. The second-order valence-electron chi connectivity index (χ2n) is 8.37. The highest BCUT2D eigenvalue weighted by Gasteiger charge is 2.43. The summed E-state index contributed by atoms with van der Waals surface area (Å²) in [5, 5.41) is 20.6. The lowest BCUT2D eigenvalue weighted by atomic mass is 10.1. The van der Waals surface area contributed by atoms with Gasteiger partial charge < -0.3 is 24.4 Å². The number of hydrogen-bond donors (Lipinski definition) is 2. The Bertz CT molecular complexity index is 734. The van der Waals surface area contributed by atoms with Gasteiger partial charge in [-0.05, 0) is 38.5 Å². The number of carbonyl (C=O) groups is 3. The van der Waals surface area contributed by atoms with E-state index in [4.69, 9.17) is 14.2 Å². The molecular weight excluding hydrogens is 521 g/mol. The van der Waals surface area contributed by atoms with Crippen LogP contribution in [0, 0.1) is 0 Å². The number of esters is 3. The van der Waals surface area contributed by atoms with Crippen molar-refractivity contribution in [3.63, 3.8) is 0 Å². The monoisotopic (exact) mass is 552 g/mol. The van der Waals surface area contributed by atoms with Gasteiger partial charge in [0.1, 0.15) is 6.10 Å². The topological polar surface area (TPSA) is 119 Å². The van der Waals surface area contributed by atoms with Gasteiger partial charge >= 0.3 is 17.9 Å². The van der Waals surface area contributed by atoms with Crippen LogP contribution in [0.4, 0.5) is 0 Å². The standard InChI is InChI=1S/C22H32O8S4/c23-13-16(24)19-20(28-17(25)7-3-1-5-14-9-11-31-33-14)21(22(27)30-19)29-18(26)8-4-2-6-15-10-12-32-34-15/h14-16,19,23-24H,1-13H2/t14?,15?,16-,19+/m0/s1. The molecule has 0 saturated carbocycles. The summed E-state index contributed by atoms with van der Waals surface area (Å²) in [6.45, 7) is -0.714. The third kappa shape index (κ3) is 8.85. The highest BCUT2D eigenvalue weighted by atomic mass is 33.1. The molecule has 34 heavy (non-hydrogen) atoms. The summed E-state index contributed by atoms with van der Waals surface area (Å²) in [5.41, 5.74) is 0. The van der Waals surface area contributed by atoms with Crippen molar-refractivity contribution in [3.8, 4) is 0 Å². The van der Waals surface area contributed by atoms with Crippen molar-refractivity contribution in [2.24, 2.45) is 0 Å². The zero-order valence-corrected chi connectivity index (χ0v) is 22.2. The molecule has 0 radical (unpaired) electrons. The molecule has 0 bridgehead atoms. The molecule has 192 valence electrons. The van der Waals surface area contributed by atoms with Gasteiger partial charge in [-0.1, -0.05) is 56.0 Å². The van der Waals surface area contributed by atoms with Crippen molar-refractivity contribution >= 4 is 61.1 Å². The number of cyclic esters (lactones) is 1. The number of hydrogen-bond acceptors (Lipinski definition) is 12. The summed E-state index contributed by atoms with van der Waals surface area (Å²) in [5.74, 6) is -0.755. The van der Waals surface area contributed by atoms with Crippen LogP contribution in [-0.2, 0) is 28.6 Å². The molecule has 2 unspecified atom stereocenters. The van der Waals surface area contributed by atoms with Crippen molar-refractivity contribution in [3.05, 3.63) is 11.5 Å². The van der Waals surface area contributed by atoms with Crippen LogP contribution < -0.4 is 0 Å². The molecule has 3 aliphatic heterocycles. The number of aliphatic hydroxyl groups excluding tert-OH is 2. The lowest BCUT2D eigenvalue weighted by Crippen LogP contribution is -2.33. The number of rotatable bonds is 14. The summed E-state index contributed by atoms with van der Waals surface area (Å²) in [4.78, 5) is 37.0. The Labute approximate surface area is 215 Å². The van der Waals surface area contributed by atoms with Crippen LogP contribution in [0.25, 0.3) is 0 Å². The fourth-order valence-corrected chi connectivity index (χ4v) is 9.80. The molecule has 0 aromatic heterocycles. The van der Waals surface area contributed by atoms with Crippen molar-refractivity contribution < 1.29 is 38.8 Å². The van der Waals surface area contributed by atoms with E-state index >= 15 is 0 Å². The molecule has 3 heterocycles. The van der Waals surface area contributed by atoms with Gasteiger partial charge in [-0.2, -0.15) is 0 Å². The maximum absolute atomic E-state index is 12.4. The zero-order valence-electron chi connectivity index (χ0n) is 19.0. The fourth-order valence-electron chi connectivity index (χ4n) is 3.75. The van der Waals surface area contributed by atoms with Crippen LogP contribution in [0.2, 0.25) is 0 Å². The number of unbranched alkanes of at least 4 members (excludes halogenated alkanes) is 2. The van der Waals surface area contributed by atoms with Gasteiger partial charge in [0.2, 0.25) is 5.76 Å². The second-order valence-corrected chi connectivity index (χ2v) is 13.9. The van der Waals surface area contributed by atoms with Crippen molar-refractivity contribution in [1.29, 1.82) is 0 Å². The molecule has 2 saturated heterocycles. The maximum Gasteiger partial charge on any atom is 0.378 e. The molecule has 3 aliphatic rings. The van der Waals surface area contributed by atoms with E-state index in [1.54, 1.807) is 0 Å². The minimum atomic E-state index is -1.50. The molecule has 12 heteroatoms. The van der Waals surface area contributed by atoms with Crippen LogP contribution in [-0.4, -0.2) is 68.9 Å². The fraction of sp³-hybridized carbons (Fsp3) is 0.773. The number of carbonyl (C=O) groups excluding carboxylic acids is 3. The van der Waals surface area contributed by atoms with E-state index in [1.807, 2.05) is 43.2 Å². The van der Waals surface area contributed by atoms with Gasteiger partial charge in [0.05, 0.1) is 6.61 Å². The van der Waals surface area contributed by atoms with Crippen LogP contribution in [0.5, 0.6) is 0 Å². The number of ether oxygens (including phenoxy) is 3. The van der Waals surface area contributed by atoms with Crippen molar-refractivity contribution in [1.82, 2.24) is 0 Å². The third-order valence-electron chi connectivity index (χ3n) is 5.65. The predicted octanol–water partition coefficient (Wildman–Crippen LogP) is 3.99. The first-order chi connectivity index (χ1) is 16.5. The molecule has 3 rings (SSSR count). The molecule has 4 atom stereocenters. The quantitative estimate of drug-likeness (QED) is 0.140. The van der Waals surface area contributed by atoms with E-state index in [9.17, 15) is 24.6 Å². The Hall–Kier alpha value is -0.530. The molecule has 0 aromatic rings. The molecular formula is C22H32O8S4. The molecule has 0 aliphatic carbocycles. The Morgan fingerprint density at radius 2 is 1.50 bits per heavy atom. The summed E-state index contributed by atoms with van der Waals surface area (Å²) in [7, 11) is 7.53. The van der Waals surface area contributed by atoms with E-state index in [2.05, 4.69) is 0 Å². The Morgan fingerprint density at radius 3 is 2.00 bits per heavy atom. The van der Waals surface area contributed by atoms with Gasteiger partial charge in [0.25, 0.3) is 5.76 Å². The summed E-state index contributed by atoms with van der Waals surface area (Å²) in [6, 6.07) is 0. The van der Waals surface area contributed by atoms with Crippen LogP contribution in [0.15, 0.2) is 11.5 Å². The Balaban J connectivity index is 1.50. The maximum atomic E-state index is 12.4. The third-order valence-corrected chi connectivity index (χ3v) is 11.7. The van der Waals surface area contributed by atoms with Crippen molar-refractivity contribution in [2.45, 2.75) is 86.9 Å². The highest BCUT2D eigenvalue weighted by molar-refractivity contribution is 8.77. The minimum Gasteiger partial charge on any atom is -0.445 e. The summed E-state index contributed by atoms with van der Waals surface area (Å²) >= 11 is 0. The molecule has 2 N–H and O–H groups in total. The normalized spacial score (nSPS) is 25.5. The molecule has 2 fully saturated rings. The Kier molecular flexibility index (Phi) is 12.3. The van der Waals surface area contributed by atoms with Crippen molar-refractivity contribution in [2.75, 3.05) is 18.1 Å². The number of aliphatic hydroxyl groups is 2. The van der Waals surface area contributed by atoms with E-state index < -0.39 is 42.5 Å². The van der Waals surface area contributed by atoms with E-state index in [1.165, 1.54) is 12.8 Å². The van der Waals surface area contributed by atoms with Crippen LogP contribution in [0.1, 0.15) is 64.2 Å². The minimum absolute atomic E-state index is 0.118. The van der Waals surface area contributed by atoms with Gasteiger partial charge in [-0.25, -0.2) is 4.79 Å². The molecule has 0 spiro atoms. The lowest BCUT2D eigenvalue weighted by Gasteiger charge is -2.17. The average Bonchev–Trinajstić information content (AvgIpc) is 3.58. The van der Waals surface area contributed by atoms with E-state index in [0.29, 0.717) is 23.3 Å². The van der Waals surface area contributed by atoms with Gasteiger partial charge in [-0.3, -0.25) is 9.59 Å². The first-order valence-corrected chi connectivity index (χ1v) is 16.5. The first kappa shape index (κ1) is 28.0. The SMILES string of the molecule is O=C(CCCCC1CCSS1)OC1=C(OC(=O)CCCCC2CCSS2)[C@@H]([C@@H](O)CO)OC1=O. The van der Waals surface area contributed by atoms with E-state index in [0.717, 1.165) is 37.2 Å².